The fourth-order valence-corrected chi connectivity index (χ4v) is 1.48. The normalized spacial score (nSPS) is 11.4. The van der Waals surface area contributed by atoms with Crippen LogP contribution in [0, 0.1) is 5.82 Å². The van der Waals surface area contributed by atoms with Gasteiger partial charge in [0.25, 0.3) is 0 Å². The molecule has 1 aromatic carbocycles. The van der Waals surface area contributed by atoms with Crippen molar-refractivity contribution in [3.63, 3.8) is 0 Å². The largest absolute Gasteiger partial charge is 0.493 e. The average molecular weight is 254 g/mol. The van der Waals surface area contributed by atoms with E-state index >= 15 is 0 Å². The van der Waals surface area contributed by atoms with E-state index in [9.17, 15) is 9.18 Å². The molecule has 0 atom stereocenters. The summed E-state index contributed by atoms with van der Waals surface area (Å²) in [6.45, 7) is 5.57. The molecule has 100 valence electrons. The molecule has 3 nitrogen and oxygen atoms in total. The van der Waals surface area contributed by atoms with Gasteiger partial charge in [-0.3, -0.25) is 4.79 Å². The smallest absolute Gasteiger partial charge is 0.166 e. The van der Waals surface area contributed by atoms with E-state index in [0.29, 0.717) is 13.0 Å². The highest BCUT2D eigenvalue weighted by Gasteiger charge is 2.18. The van der Waals surface area contributed by atoms with Crippen LogP contribution in [0.2, 0.25) is 0 Å². The number of benzene rings is 1. The zero-order valence-electron chi connectivity index (χ0n) is 11.2. The van der Waals surface area contributed by atoms with Crippen LogP contribution in [-0.2, 0) is 4.74 Å². The third-order valence-corrected chi connectivity index (χ3v) is 2.84. The number of Topliss-reactive ketones (excluding diaryl/α,β-unsaturated/α-hetero) is 1. The fraction of sp³-hybridized carbons (Fsp3) is 0.500. The second kappa shape index (κ2) is 5.96. The molecule has 0 amide bonds. The van der Waals surface area contributed by atoms with Gasteiger partial charge in [-0.15, -0.1) is 0 Å². The van der Waals surface area contributed by atoms with Crippen molar-refractivity contribution in [3.8, 4) is 5.75 Å². The molecule has 0 heterocycles. The Bertz CT molecular complexity index is 427. The van der Waals surface area contributed by atoms with E-state index in [1.54, 1.807) is 13.2 Å². The minimum atomic E-state index is -0.550. The zero-order valence-corrected chi connectivity index (χ0v) is 11.2. The van der Waals surface area contributed by atoms with Crippen molar-refractivity contribution < 1.29 is 18.7 Å². The Morgan fingerprint density at radius 2 is 2.06 bits per heavy atom. The highest BCUT2D eigenvalue weighted by molar-refractivity contribution is 5.97. The molecule has 0 radical (unpaired) electrons. The van der Waals surface area contributed by atoms with Crippen molar-refractivity contribution in [1.29, 1.82) is 0 Å². The summed E-state index contributed by atoms with van der Waals surface area (Å²) in [7, 11) is 1.63. The van der Waals surface area contributed by atoms with E-state index in [-0.39, 0.29) is 22.7 Å². The van der Waals surface area contributed by atoms with Crippen LogP contribution in [0.4, 0.5) is 4.39 Å². The SMILES string of the molecule is COC(C)(C)CCOc1cccc(F)c1C(C)=O. The van der Waals surface area contributed by atoms with Gasteiger partial charge in [-0.1, -0.05) is 6.07 Å². The van der Waals surface area contributed by atoms with E-state index < -0.39 is 5.82 Å². The molecule has 0 saturated heterocycles. The lowest BCUT2D eigenvalue weighted by atomic mass is 10.1. The van der Waals surface area contributed by atoms with Crippen molar-refractivity contribution in [2.45, 2.75) is 32.8 Å². The van der Waals surface area contributed by atoms with Gasteiger partial charge in [0.05, 0.1) is 17.8 Å². The molecule has 18 heavy (non-hydrogen) atoms. The number of methoxy groups -OCH3 is 1. The zero-order chi connectivity index (χ0) is 13.8. The molecule has 0 aliphatic carbocycles. The van der Waals surface area contributed by atoms with E-state index in [2.05, 4.69) is 0 Å². The minimum Gasteiger partial charge on any atom is -0.493 e. The molecule has 0 spiro atoms. The summed E-state index contributed by atoms with van der Waals surface area (Å²) in [6, 6.07) is 4.38. The Kier molecular flexibility index (Phi) is 4.84. The van der Waals surface area contributed by atoms with Crippen LogP contribution in [0.25, 0.3) is 0 Å². The number of hydrogen-bond acceptors (Lipinski definition) is 3. The maximum Gasteiger partial charge on any atom is 0.166 e. The molecule has 0 bridgehead atoms. The van der Waals surface area contributed by atoms with Gasteiger partial charge in [-0.05, 0) is 32.9 Å². The topological polar surface area (TPSA) is 35.5 Å². The summed E-state index contributed by atoms with van der Waals surface area (Å²) in [5, 5.41) is 0. The van der Waals surface area contributed by atoms with Crippen molar-refractivity contribution in [1.82, 2.24) is 0 Å². The molecule has 0 aliphatic rings. The third kappa shape index (κ3) is 3.81. The highest BCUT2D eigenvalue weighted by atomic mass is 19.1. The Labute approximate surface area is 107 Å². The molecule has 1 rings (SSSR count). The first kappa shape index (κ1) is 14.6. The van der Waals surface area contributed by atoms with E-state index in [4.69, 9.17) is 9.47 Å². The van der Waals surface area contributed by atoms with Crippen molar-refractivity contribution in [2.75, 3.05) is 13.7 Å². The van der Waals surface area contributed by atoms with Gasteiger partial charge < -0.3 is 9.47 Å². The minimum absolute atomic E-state index is 0.00715. The van der Waals surface area contributed by atoms with Gasteiger partial charge in [-0.2, -0.15) is 0 Å². The molecular weight excluding hydrogens is 235 g/mol. The van der Waals surface area contributed by atoms with E-state index in [0.717, 1.165) is 0 Å². The fourth-order valence-electron chi connectivity index (χ4n) is 1.48. The number of ketones is 1. The molecule has 0 aliphatic heterocycles. The van der Waals surface area contributed by atoms with Gasteiger partial charge in [-0.25, -0.2) is 4.39 Å². The summed E-state index contributed by atoms with van der Waals surface area (Å²) in [5.74, 6) is -0.602. The second-order valence-electron chi connectivity index (χ2n) is 4.73. The summed E-state index contributed by atoms with van der Waals surface area (Å²) < 4.78 is 24.2. The second-order valence-corrected chi connectivity index (χ2v) is 4.73. The van der Waals surface area contributed by atoms with Gasteiger partial charge in [0.1, 0.15) is 11.6 Å². The monoisotopic (exact) mass is 254 g/mol. The highest BCUT2D eigenvalue weighted by Crippen LogP contribution is 2.23. The van der Waals surface area contributed by atoms with Crippen LogP contribution in [0.15, 0.2) is 18.2 Å². The lowest BCUT2D eigenvalue weighted by Crippen LogP contribution is -2.25. The number of rotatable bonds is 6. The van der Waals surface area contributed by atoms with Crippen LogP contribution < -0.4 is 4.74 Å². The van der Waals surface area contributed by atoms with Gasteiger partial charge >= 0.3 is 0 Å². The predicted molar refractivity (Wildman–Crippen MR) is 67.6 cm³/mol. The Hall–Kier alpha value is -1.42. The summed E-state index contributed by atoms with van der Waals surface area (Å²) in [5.41, 5.74) is -0.295. The molecule has 4 heteroatoms. The standard InChI is InChI=1S/C14H19FO3/c1-10(16)13-11(15)6-5-7-12(13)18-9-8-14(2,3)17-4/h5-7H,8-9H2,1-4H3. The molecule has 0 fully saturated rings. The van der Waals surface area contributed by atoms with Crippen LogP contribution in [-0.4, -0.2) is 25.1 Å². The number of ether oxygens (including phenoxy) is 2. The number of carbonyl (C=O) groups excluding carboxylic acids is 1. The Morgan fingerprint density at radius 3 is 2.61 bits per heavy atom. The maximum atomic E-state index is 13.5. The first-order valence-corrected chi connectivity index (χ1v) is 5.85. The van der Waals surface area contributed by atoms with E-state index in [1.165, 1.54) is 19.1 Å². The molecule has 0 unspecified atom stereocenters. The number of carbonyl (C=O) groups is 1. The lowest BCUT2D eigenvalue weighted by Gasteiger charge is -2.23. The van der Waals surface area contributed by atoms with Crippen molar-refractivity contribution in [3.05, 3.63) is 29.6 Å². The number of hydrogen-bond donors (Lipinski definition) is 0. The van der Waals surface area contributed by atoms with Crippen LogP contribution in [0.1, 0.15) is 37.6 Å². The van der Waals surface area contributed by atoms with Crippen molar-refractivity contribution in [2.24, 2.45) is 0 Å². The summed E-state index contributed by atoms with van der Waals surface area (Å²) >= 11 is 0. The number of halogens is 1. The van der Waals surface area contributed by atoms with Crippen LogP contribution in [0.5, 0.6) is 5.75 Å². The summed E-state index contributed by atoms with van der Waals surface area (Å²) in [4.78, 5) is 11.4. The average Bonchev–Trinajstić information content (AvgIpc) is 2.28. The van der Waals surface area contributed by atoms with Gasteiger partial charge in [0, 0.05) is 13.5 Å². The summed E-state index contributed by atoms with van der Waals surface area (Å²) in [6.07, 6.45) is 0.650. The lowest BCUT2D eigenvalue weighted by molar-refractivity contribution is 0.00539. The van der Waals surface area contributed by atoms with Gasteiger partial charge in [0.15, 0.2) is 5.78 Å². The first-order valence-electron chi connectivity index (χ1n) is 5.85. The predicted octanol–water partition coefficient (Wildman–Crippen LogP) is 3.22. The van der Waals surface area contributed by atoms with Crippen LogP contribution >= 0.6 is 0 Å². The van der Waals surface area contributed by atoms with Crippen molar-refractivity contribution >= 4 is 5.78 Å². The third-order valence-electron chi connectivity index (χ3n) is 2.84. The first-order chi connectivity index (χ1) is 8.37. The molecule has 0 aromatic heterocycles. The maximum absolute atomic E-state index is 13.5. The van der Waals surface area contributed by atoms with Gasteiger partial charge in [0.2, 0.25) is 0 Å². The molecule has 0 saturated carbocycles. The molecular formula is C14H19FO3. The molecule has 0 N–H and O–H groups in total. The quantitative estimate of drug-likeness (QED) is 0.731. The Balaban J connectivity index is 2.74. The van der Waals surface area contributed by atoms with Crippen LogP contribution in [0.3, 0.4) is 0 Å². The Morgan fingerprint density at radius 1 is 1.39 bits per heavy atom. The van der Waals surface area contributed by atoms with E-state index in [1.807, 2.05) is 13.8 Å². The molecule has 1 aromatic rings.